The van der Waals surface area contributed by atoms with Crippen molar-refractivity contribution in [3.8, 4) is 0 Å². The Balaban J connectivity index is 2.60. The molecule has 8 heavy (non-hydrogen) atoms. The lowest BCUT2D eigenvalue weighted by Crippen LogP contribution is -2.17. The van der Waals surface area contributed by atoms with Crippen molar-refractivity contribution < 1.29 is 9.47 Å². The van der Waals surface area contributed by atoms with E-state index in [-0.39, 0.29) is 0 Å². The molecule has 46 valence electrons. The van der Waals surface area contributed by atoms with Crippen molar-refractivity contribution >= 4 is 0 Å². The van der Waals surface area contributed by atoms with Gasteiger partial charge in [-0.15, -0.1) is 0 Å². The fourth-order valence-electron chi connectivity index (χ4n) is 0.519. The normalized spacial score (nSPS) is 19.6. The Bertz CT molecular complexity index is 106. The average Bonchev–Trinajstić information content (AvgIpc) is 1.77. The van der Waals surface area contributed by atoms with Crippen LogP contribution in [0.5, 0.6) is 0 Å². The SMILES string of the molecule is CC1=C(N)OCCO1. The van der Waals surface area contributed by atoms with Crippen LogP contribution in [0.2, 0.25) is 0 Å². The van der Waals surface area contributed by atoms with Gasteiger partial charge in [0.2, 0.25) is 5.88 Å². The molecule has 3 nitrogen and oxygen atoms in total. The van der Waals surface area contributed by atoms with Crippen molar-refractivity contribution in [2.75, 3.05) is 13.2 Å². The molecule has 0 bridgehead atoms. The molecule has 2 N–H and O–H groups in total. The summed E-state index contributed by atoms with van der Waals surface area (Å²) in [7, 11) is 0. The highest BCUT2D eigenvalue weighted by atomic mass is 16.6. The third kappa shape index (κ3) is 0.857. The fraction of sp³-hybridized carbons (Fsp3) is 0.600. The highest BCUT2D eigenvalue weighted by Crippen LogP contribution is 2.05. The summed E-state index contributed by atoms with van der Waals surface area (Å²) in [6.07, 6.45) is 0. The first-order chi connectivity index (χ1) is 3.80. The van der Waals surface area contributed by atoms with Crippen molar-refractivity contribution in [1.29, 1.82) is 0 Å². The zero-order valence-electron chi connectivity index (χ0n) is 4.81. The lowest BCUT2D eigenvalue weighted by Gasteiger charge is -2.15. The number of hydrogen-bond donors (Lipinski definition) is 1. The van der Waals surface area contributed by atoms with Gasteiger partial charge in [-0.25, -0.2) is 0 Å². The van der Waals surface area contributed by atoms with Crippen LogP contribution in [-0.2, 0) is 9.47 Å². The highest BCUT2D eigenvalue weighted by molar-refractivity contribution is 4.95. The van der Waals surface area contributed by atoms with Gasteiger partial charge in [0.15, 0.2) is 5.76 Å². The van der Waals surface area contributed by atoms with Gasteiger partial charge in [0.1, 0.15) is 13.2 Å². The second-order valence-corrected chi connectivity index (χ2v) is 1.62. The van der Waals surface area contributed by atoms with Gasteiger partial charge in [-0.1, -0.05) is 0 Å². The van der Waals surface area contributed by atoms with Crippen molar-refractivity contribution in [3.63, 3.8) is 0 Å². The molecule has 0 aromatic carbocycles. The van der Waals surface area contributed by atoms with E-state index in [1.54, 1.807) is 6.92 Å². The summed E-state index contributed by atoms with van der Waals surface area (Å²) in [6, 6.07) is 0. The third-order valence-electron chi connectivity index (χ3n) is 1.01. The summed E-state index contributed by atoms with van der Waals surface area (Å²) in [5.41, 5.74) is 5.31. The van der Waals surface area contributed by atoms with E-state index in [1.807, 2.05) is 0 Å². The van der Waals surface area contributed by atoms with E-state index in [4.69, 9.17) is 15.2 Å². The van der Waals surface area contributed by atoms with Gasteiger partial charge in [0.05, 0.1) is 0 Å². The molecule has 0 radical (unpaired) electrons. The molecule has 0 spiro atoms. The first-order valence-corrected chi connectivity index (χ1v) is 2.52. The van der Waals surface area contributed by atoms with E-state index in [0.717, 1.165) is 0 Å². The minimum Gasteiger partial charge on any atom is -0.489 e. The van der Waals surface area contributed by atoms with Crippen molar-refractivity contribution in [2.24, 2.45) is 5.73 Å². The quantitative estimate of drug-likeness (QED) is 0.489. The Labute approximate surface area is 48.1 Å². The number of rotatable bonds is 0. The summed E-state index contributed by atoms with van der Waals surface area (Å²) < 4.78 is 9.94. The number of ether oxygens (including phenoxy) is 2. The number of allylic oxidation sites excluding steroid dienone is 1. The molecule has 1 aliphatic heterocycles. The molecule has 0 unspecified atom stereocenters. The average molecular weight is 115 g/mol. The lowest BCUT2D eigenvalue weighted by atomic mass is 10.5. The molecule has 1 heterocycles. The largest absolute Gasteiger partial charge is 0.489 e. The van der Waals surface area contributed by atoms with Gasteiger partial charge < -0.3 is 15.2 Å². The summed E-state index contributed by atoms with van der Waals surface area (Å²) in [5.74, 6) is 1.10. The van der Waals surface area contributed by atoms with Crippen LogP contribution in [0, 0.1) is 0 Å². The Morgan fingerprint density at radius 2 is 2.00 bits per heavy atom. The zero-order valence-corrected chi connectivity index (χ0v) is 4.81. The molecular weight excluding hydrogens is 106 g/mol. The van der Waals surface area contributed by atoms with E-state index in [1.165, 1.54) is 0 Å². The van der Waals surface area contributed by atoms with Crippen LogP contribution in [0.1, 0.15) is 6.92 Å². The molecule has 0 saturated heterocycles. The third-order valence-corrected chi connectivity index (χ3v) is 1.01. The van der Waals surface area contributed by atoms with Crippen LogP contribution < -0.4 is 5.73 Å². The van der Waals surface area contributed by atoms with Gasteiger partial charge in [-0.2, -0.15) is 0 Å². The molecule has 0 amide bonds. The first kappa shape index (κ1) is 5.28. The lowest BCUT2D eigenvalue weighted by molar-refractivity contribution is 0.0621. The minimum atomic E-state index is 0.413. The smallest absolute Gasteiger partial charge is 0.223 e. The monoisotopic (exact) mass is 115 g/mol. The van der Waals surface area contributed by atoms with E-state index >= 15 is 0 Å². The maximum absolute atomic E-state index is 5.31. The molecule has 1 rings (SSSR count). The Morgan fingerprint density at radius 1 is 1.38 bits per heavy atom. The van der Waals surface area contributed by atoms with Crippen LogP contribution in [0.15, 0.2) is 11.6 Å². The van der Waals surface area contributed by atoms with Crippen LogP contribution in [0.25, 0.3) is 0 Å². The molecule has 1 aliphatic rings. The minimum absolute atomic E-state index is 0.413. The molecule has 0 atom stereocenters. The summed E-state index contributed by atoms with van der Waals surface area (Å²) in [6.45, 7) is 2.98. The van der Waals surface area contributed by atoms with Gasteiger partial charge in [0.25, 0.3) is 0 Å². The summed E-state index contributed by atoms with van der Waals surface area (Å²) >= 11 is 0. The number of nitrogens with two attached hydrogens (primary N) is 1. The summed E-state index contributed by atoms with van der Waals surface area (Å²) in [5, 5.41) is 0. The Hall–Kier alpha value is -0.860. The maximum Gasteiger partial charge on any atom is 0.223 e. The van der Waals surface area contributed by atoms with Gasteiger partial charge in [-0.3, -0.25) is 0 Å². The zero-order chi connectivity index (χ0) is 5.98. The van der Waals surface area contributed by atoms with Gasteiger partial charge in [0, 0.05) is 0 Å². The Kier molecular flexibility index (Phi) is 1.28. The van der Waals surface area contributed by atoms with Crippen LogP contribution in [-0.4, -0.2) is 13.2 Å². The highest BCUT2D eigenvalue weighted by Gasteiger charge is 2.05. The molecular formula is C5H9NO2. The van der Waals surface area contributed by atoms with E-state index in [9.17, 15) is 0 Å². The predicted molar refractivity (Wildman–Crippen MR) is 28.8 cm³/mol. The van der Waals surface area contributed by atoms with Crippen molar-refractivity contribution in [3.05, 3.63) is 11.6 Å². The van der Waals surface area contributed by atoms with Gasteiger partial charge >= 0.3 is 0 Å². The van der Waals surface area contributed by atoms with E-state index in [2.05, 4.69) is 0 Å². The van der Waals surface area contributed by atoms with E-state index in [0.29, 0.717) is 24.9 Å². The van der Waals surface area contributed by atoms with Crippen molar-refractivity contribution in [2.45, 2.75) is 6.92 Å². The molecule has 3 heteroatoms. The fourth-order valence-corrected chi connectivity index (χ4v) is 0.519. The van der Waals surface area contributed by atoms with Crippen LogP contribution in [0.3, 0.4) is 0 Å². The molecule has 0 aliphatic carbocycles. The second kappa shape index (κ2) is 1.94. The predicted octanol–water partition coefficient (Wildman–Crippen LogP) is 0.181. The Morgan fingerprint density at radius 3 is 2.38 bits per heavy atom. The van der Waals surface area contributed by atoms with Crippen molar-refractivity contribution in [1.82, 2.24) is 0 Å². The second-order valence-electron chi connectivity index (χ2n) is 1.62. The topological polar surface area (TPSA) is 44.5 Å². The van der Waals surface area contributed by atoms with Gasteiger partial charge in [-0.05, 0) is 6.92 Å². The van der Waals surface area contributed by atoms with Crippen LogP contribution in [0.4, 0.5) is 0 Å². The van der Waals surface area contributed by atoms with E-state index < -0.39 is 0 Å². The number of hydrogen-bond acceptors (Lipinski definition) is 3. The standard InChI is InChI=1S/C5H9NO2/c1-4-5(6)8-3-2-7-4/h2-3,6H2,1H3. The molecule has 0 aromatic heterocycles. The summed E-state index contributed by atoms with van der Waals surface area (Å²) in [4.78, 5) is 0. The van der Waals surface area contributed by atoms with Crippen LogP contribution >= 0.6 is 0 Å². The molecule has 0 fully saturated rings. The maximum atomic E-state index is 5.31. The molecule has 0 aromatic rings. The molecule has 0 saturated carbocycles. The first-order valence-electron chi connectivity index (χ1n) is 2.52.